The fourth-order valence-electron chi connectivity index (χ4n) is 1.90. The highest BCUT2D eigenvalue weighted by atomic mass is 32.1. The van der Waals surface area contributed by atoms with Gasteiger partial charge in [0.05, 0.1) is 12.1 Å². The standard InChI is InChI=1S/C13H16FNOS/c1-2-15-11(8-14)13(16)10-4-3-9-5-6-17-12(9)7-10/h3-7,11,13,15-16H,2,8H2,1H3. The second kappa shape index (κ2) is 5.58. The number of aliphatic hydroxyl groups excluding tert-OH is 1. The lowest BCUT2D eigenvalue weighted by Gasteiger charge is -2.21. The zero-order valence-corrected chi connectivity index (χ0v) is 10.5. The number of hydrogen-bond acceptors (Lipinski definition) is 3. The van der Waals surface area contributed by atoms with Gasteiger partial charge in [0.25, 0.3) is 0 Å². The van der Waals surface area contributed by atoms with Crippen LogP contribution in [-0.4, -0.2) is 24.4 Å². The van der Waals surface area contributed by atoms with Crippen molar-refractivity contribution in [3.63, 3.8) is 0 Å². The van der Waals surface area contributed by atoms with E-state index in [9.17, 15) is 9.50 Å². The third kappa shape index (κ3) is 2.65. The van der Waals surface area contributed by atoms with Crippen LogP contribution in [0.4, 0.5) is 4.39 Å². The van der Waals surface area contributed by atoms with E-state index in [1.807, 2.05) is 36.6 Å². The van der Waals surface area contributed by atoms with Crippen LogP contribution in [0.5, 0.6) is 0 Å². The molecule has 2 atom stereocenters. The number of alkyl halides is 1. The summed E-state index contributed by atoms with van der Waals surface area (Å²) in [6.45, 7) is 1.97. The Labute approximate surface area is 104 Å². The number of rotatable bonds is 5. The molecule has 2 unspecified atom stereocenters. The fourth-order valence-corrected chi connectivity index (χ4v) is 2.74. The van der Waals surface area contributed by atoms with Crippen molar-refractivity contribution in [3.05, 3.63) is 35.2 Å². The number of thiophene rings is 1. The Morgan fingerprint density at radius 1 is 1.41 bits per heavy atom. The number of nitrogens with one attached hydrogen (secondary N) is 1. The maximum Gasteiger partial charge on any atom is 0.108 e. The van der Waals surface area contributed by atoms with Gasteiger partial charge in [-0.3, -0.25) is 0 Å². The van der Waals surface area contributed by atoms with Gasteiger partial charge in [0, 0.05) is 4.70 Å². The predicted octanol–water partition coefficient (Wildman–Crippen LogP) is 2.88. The molecule has 0 radical (unpaired) electrons. The molecule has 1 heterocycles. The topological polar surface area (TPSA) is 32.3 Å². The Balaban J connectivity index is 2.24. The highest BCUT2D eigenvalue weighted by molar-refractivity contribution is 7.17. The minimum Gasteiger partial charge on any atom is -0.387 e. The number of likely N-dealkylation sites (N-methyl/N-ethyl adjacent to an activating group) is 1. The van der Waals surface area contributed by atoms with Gasteiger partial charge in [-0.2, -0.15) is 0 Å². The third-order valence-electron chi connectivity index (χ3n) is 2.84. The van der Waals surface area contributed by atoms with Crippen molar-refractivity contribution in [1.82, 2.24) is 5.32 Å². The molecule has 0 bridgehead atoms. The first kappa shape index (κ1) is 12.5. The molecule has 0 saturated heterocycles. The molecule has 0 spiro atoms. The number of fused-ring (bicyclic) bond motifs is 1. The average Bonchev–Trinajstić information content (AvgIpc) is 2.82. The van der Waals surface area contributed by atoms with E-state index >= 15 is 0 Å². The first-order chi connectivity index (χ1) is 8.26. The predicted molar refractivity (Wildman–Crippen MR) is 70.2 cm³/mol. The molecule has 0 aliphatic carbocycles. The van der Waals surface area contributed by atoms with Crippen LogP contribution >= 0.6 is 11.3 Å². The molecule has 17 heavy (non-hydrogen) atoms. The molecule has 1 aromatic heterocycles. The molecule has 2 N–H and O–H groups in total. The molecule has 0 aliphatic heterocycles. The van der Waals surface area contributed by atoms with Crippen LogP contribution in [0.25, 0.3) is 10.1 Å². The fraction of sp³-hybridized carbons (Fsp3) is 0.385. The minimum atomic E-state index is -0.800. The summed E-state index contributed by atoms with van der Waals surface area (Å²) in [6, 6.07) is 7.26. The van der Waals surface area contributed by atoms with Crippen LogP contribution in [0.2, 0.25) is 0 Å². The number of benzene rings is 1. The molecule has 2 rings (SSSR count). The van der Waals surface area contributed by atoms with E-state index < -0.39 is 18.8 Å². The van der Waals surface area contributed by atoms with Gasteiger partial charge < -0.3 is 10.4 Å². The van der Waals surface area contributed by atoms with Gasteiger partial charge in [-0.1, -0.05) is 19.1 Å². The molecule has 92 valence electrons. The van der Waals surface area contributed by atoms with Crippen molar-refractivity contribution in [2.24, 2.45) is 0 Å². The van der Waals surface area contributed by atoms with Crippen molar-refractivity contribution in [2.45, 2.75) is 19.1 Å². The Morgan fingerprint density at radius 3 is 2.94 bits per heavy atom. The van der Waals surface area contributed by atoms with Gasteiger partial charge in [0.15, 0.2) is 0 Å². The maximum atomic E-state index is 12.8. The molecular weight excluding hydrogens is 237 g/mol. The van der Waals surface area contributed by atoms with E-state index in [2.05, 4.69) is 5.32 Å². The summed E-state index contributed by atoms with van der Waals surface area (Å²) in [7, 11) is 0. The van der Waals surface area contributed by atoms with E-state index in [0.717, 1.165) is 15.6 Å². The lowest BCUT2D eigenvalue weighted by molar-refractivity contribution is 0.114. The summed E-state index contributed by atoms with van der Waals surface area (Å²) in [5.41, 5.74) is 0.767. The summed E-state index contributed by atoms with van der Waals surface area (Å²) in [5, 5.41) is 16.2. The van der Waals surface area contributed by atoms with Crippen LogP contribution in [0.3, 0.4) is 0 Å². The number of hydrogen-bond donors (Lipinski definition) is 2. The second-order valence-electron chi connectivity index (χ2n) is 3.98. The quantitative estimate of drug-likeness (QED) is 0.858. The maximum absolute atomic E-state index is 12.8. The first-order valence-corrected chi connectivity index (χ1v) is 6.58. The van der Waals surface area contributed by atoms with Gasteiger partial charge in [-0.05, 0) is 35.0 Å². The summed E-state index contributed by atoms with van der Waals surface area (Å²) in [5.74, 6) is 0. The number of halogens is 1. The van der Waals surface area contributed by atoms with Crippen molar-refractivity contribution >= 4 is 21.4 Å². The van der Waals surface area contributed by atoms with Gasteiger partial charge in [0.1, 0.15) is 6.67 Å². The van der Waals surface area contributed by atoms with Crippen LogP contribution in [-0.2, 0) is 0 Å². The molecule has 4 heteroatoms. The van der Waals surface area contributed by atoms with Crippen LogP contribution < -0.4 is 5.32 Å². The average molecular weight is 253 g/mol. The highest BCUT2D eigenvalue weighted by Crippen LogP contribution is 2.26. The van der Waals surface area contributed by atoms with Gasteiger partial charge in [-0.15, -0.1) is 11.3 Å². The van der Waals surface area contributed by atoms with Gasteiger partial charge in [0.2, 0.25) is 0 Å². The molecule has 0 fully saturated rings. The van der Waals surface area contributed by atoms with E-state index in [1.54, 1.807) is 11.3 Å². The normalized spacial score (nSPS) is 15.0. The van der Waals surface area contributed by atoms with Crippen molar-refractivity contribution in [3.8, 4) is 0 Å². The van der Waals surface area contributed by atoms with Crippen LogP contribution in [0.1, 0.15) is 18.6 Å². The largest absolute Gasteiger partial charge is 0.387 e. The summed E-state index contributed by atoms with van der Waals surface area (Å²) in [4.78, 5) is 0. The Morgan fingerprint density at radius 2 is 2.24 bits per heavy atom. The summed E-state index contributed by atoms with van der Waals surface area (Å²) in [6.07, 6.45) is -0.800. The third-order valence-corrected chi connectivity index (χ3v) is 3.72. The monoisotopic (exact) mass is 253 g/mol. The van der Waals surface area contributed by atoms with Crippen molar-refractivity contribution in [1.29, 1.82) is 0 Å². The Hall–Kier alpha value is -0.970. The lowest BCUT2D eigenvalue weighted by atomic mass is 10.0. The first-order valence-electron chi connectivity index (χ1n) is 5.70. The minimum absolute atomic E-state index is 0.530. The van der Waals surface area contributed by atoms with E-state index in [1.165, 1.54) is 0 Å². The van der Waals surface area contributed by atoms with E-state index in [0.29, 0.717) is 6.54 Å². The molecule has 2 nitrogen and oxygen atoms in total. The summed E-state index contributed by atoms with van der Waals surface area (Å²) >= 11 is 1.63. The van der Waals surface area contributed by atoms with Crippen molar-refractivity contribution < 1.29 is 9.50 Å². The van der Waals surface area contributed by atoms with Gasteiger partial charge in [-0.25, -0.2) is 4.39 Å². The van der Waals surface area contributed by atoms with E-state index in [-0.39, 0.29) is 0 Å². The molecule has 1 aromatic carbocycles. The molecule has 0 saturated carbocycles. The summed E-state index contributed by atoms with van der Waals surface area (Å²) < 4.78 is 13.9. The zero-order valence-electron chi connectivity index (χ0n) is 9.69. The van der Waals surface area contributed by atoms with Crippen LogP contribution in [0.15, 0.2) is 29.6 Å². The molecule has 2 aromatic rings. The van der Waals surface area contributed by atoms with Crippen LogP contribution in [0, 0.1) is 0 Å². The SMILES string of the molecule is CCNC(CF)C(O)c1ccc2ccsc2c1. The van der Waals surface area contributed by atoms with E-state index in [4.69, 9.17) is 0 Å². The molecule has 0 aliphatic rings. The lowest BCUT2D eigenvalue weighted by Crippen LogP contribution is -2.36. The Bertz CT molecular complexity index is 485. The smallest absolute Gasteiger partial charge is 0.108 e. The Kier molecular flexibility index (Phi) is 4.10. The van der Waals surface area contributed by atoms with Crippen molar-refractivity contribution in [2.75, 3.05) is 13.2 Å². The second-order valence-corrected chi connectivity index (χ2v) is 4.93. The molecular formula is C13H16FNOS. The highest BCUT2D eigenvalue weighted by Gasteiger charge is 2.20. The molecule has 0 amide bonds. The number of aliphatic hydroxyl groups is 1. The zero-order chi connectivity index (χ0) is 12.3. The van der Waals surface area contributed by atoms with Gasteiger partial charge >= 0.3 is 0 Å².